The van der Waals surface area contributed by atoms with E-state index >= 15 is 0 Å². The Morgan fingerprint density at radius 3 is 2.73 bits per heavy atom. The molecule has 90 valence electrons. The fourth-order valence-corrected chi connectivity index (χ4v) is 2.72. The molecule has 1 atom stereocenters. The Morgan fingerprint density at radius 2 is 2.00 bits per heavy atom. The summed E-state index contributed by atoms with van der Waals surface area (Å²) >= 11 is 3.46. The van der Waals surface area contributed by atoms with Gasteiger partial charge in [-0.15, -0.1) is 0 Å². The highest BCUT2D eigenvalue weighted by atomic mass is 79.9. The van der Waals surface area contributed by atoms with Crippen LogP contribution in [0.15, 0.2) is 0 Å². The first-order valence-electron chi connectivity index (χ1n) is 6.29. The number of halogens is 1. The van der Waals surface area contributed by atoms with Gasteiger partial charge >= 0.3 is 0 Å². The Labute approximate surface area is 102 Å². The van der Waals surface area contributed by atoms with Crippen LogP contribution in [0.4, 0.5) is 0 Å². The lowest BCUT2D eigenvalue weighted by Crippen LogP contribution is -2.38. The number of hydrogen-bond acceptors (Lipinski definition) is 2. The fourth-order valence-electron chi connectivity index (χ4n) is 2.32. The molecule has 1 saturated heterocycles. The standard InChI is InChI=1S/C12H24BrNO/c13-8-4-2-6-10-14-9-5-1-3-7-12(14)11-15/h12,15H,1-11H2. The van der Waals surface area contributed by atoms with Gasteiger partial charge in [-0.25, -0.2) is 0 Å². The zero-order valence-corrected chi connectivity index (χ0v) is 11.2. The van der Waals surface area contributed by atoms with E-state index < -0.39 is 0 Å². The smallest absolute Gasteiger partial charge is 0.0586 e. The lowest BCUT2D eigenvalue weighted by Gasteiger charge is -2.28. The van der Waals surface area contributed by atoms with Gasteiger partial charge in [0.05, 0.1) is 6.61 Å². The maximum atomic E-state index is 9.34. The average Bonchev–Trinajstić information content (AvgIpc) is 2.49. The van der Waals surface area contributed by atoms with E-state index in [0.29, 0.717) is 12.6 Å². The molecule has 1 aliphatic rings. The van der Waals surface area contributed by atoms with Gasteiger partial charge in [-0.1, -0.05) is 35.2 Å². The van der Waals surface area contributed by atoms with Crippen LogP contribution in [-0.4, -0.2) is 41.1 Å². The molecule has 0 aromatic heterocycles. The van der Waals surface area contributed by atoms with Crippen molar-refractivity contribution in [1.29, 1.82) is 0 Å². The average molecular weight is 278 g/mol. The van der Waals surface area contributed by atoms with E-state index in [-0.39, 0.29) is 0 Å². The second-order valence-corrected chi connectivity index (χ2v) is 5.26. The maximum absolute atomic E-state index is 9.34. The highest BCUT2D eigenvalue weighted by Crippen LogP contribution is 2.17. The topological polar surface area (TPSA) is 23.5 Å². The van der Waals surface area contributed by atoms with Gasteiger partial charge in [-0.05, 0) is 38.8 Å². The molecule has 0 aromatic carbocycles. The van der Waals surface area contributed by atoms with Crippen molar-refractivity contribution in [3.8, 4) is 0 Å². The summed E-state index contributed by atoms with van der Waals surface area (Å²) in [5.41, 5.74) is 0. The van der Waals surface area contributed by atoms with Crippen LogP contribution < -0.4 is 0 Å². The molecule has 0 aromatic rings. The van der Waals surface area contributed by atoms with Crippen molar-refractivity contribution in [2.45, 2.75) is 51.0 Å². The number of unbranched alkanes of at least 4 members (excludes halogenated alkanes) is 2. The lowest BCUT2D eigenvalue weighted by molar-refractivity contribution is 0.123. The minimum Gasteiger partial charge on any atom is -0.395 e. The van der Waals surface area contributed by atoms with Crippen LogP contribution in [0, 0.1) is 0 Å². The first kappa shape index (κ1) is 13.5. The van der Waals surface area contributed by atoms with Gasteiger partial charge in [0.15, 0.2) is 0 Å². The molecule has 1 fully saturated rings. The number of alkyl halides is 1. The van der Waals surface area contributed by atoms with Gasteiger partial charge in [0.1, 0.15) is 0 Å². The molecular weight excluding hydrogens is 254 g/mol. The zero-order chi connectivity index (χ0) is 10.9. The largest absolute Gasteiger partial charge is 0.395 e. The first-order chi connectivity index (χ1) is 7.38. The highest BCUT2D eigenvalue weighted by molar-refractivity contribution is 9.09. The van der Waals surface area contributed by atoms with Gasteiger partial charge in [0.2, 0.25) is 0 Å². The van der Waals surface area contributed by atoms with Gasteiger partial charge in [-0.2, -0.15) is 0 Å². The van der Waals surface area contributed by atoms with Gasteiger partial charge in [0.25, 0.3) is 0 Å². The van der Waals surface area contributed by atoms with Crippen LogP contribution in [0.5, 0.6) is 0 Å². The molecule has 0 spiro atoms. The predicted octanol–water partition coefficient (Wildman–Crippen LogP) is 2.79. The molecule has 0 amide bonds. The third-order valence-corrected chi connectivity index (χ3v) is 3.85. The second kappa shape index (κ2) is 8.54. The predicted molar refractivity (Wildman–Crippen MR) is 68.6 cm³/mol. The summed E-state index contributed by atoms with van der Waals surface area (Å²) in [6.07, 6.45) is 9.00. The maximum Gasteiger partial charge on any atom is 0.0586 e. The Morgan fingerprint density at radius 1 is 1.13 bits per heavy atom. The fraction of sp³-hybridized carbons (Fsp3) is 1.00. The molecule has 1 rings (SSSR count). The van der Waals surface area contributed by atoms with E-state index in [1.54, 1.807) is 0 Å². The Kier molecular flexibility index (Phi) is 7.67. The van der Waals surface area contributed by atoms with Gasteiger partial charge < -0.3 is 5.11 Å². The third-order valence-electron chi connectivity index (χ3n) is 3.29. The van der Waals surface area contributed by atoms with Crippen molar-refractivity contribution in [3.05, 3.63) is 0 Å². The number of likely N-dealkylation sites (tertiary alicyclic amines) is 1. The molecule has 1 heterocycles. The van der Waals surface area contributed by atoms with E-state index in [1.165, 1.54) is 58.0 Å². The van der Waals surface area contributed by atoms with Crippen molar-refractivity contribution in [3.63, 3.8) is 0 Å². The molecule has 0 saturated carbocycles. The van der Waals surface area contributed by atoms with Crippen molar-refractivity contribution in [2.75, 3.05) is 25.0 Å². The van der Waals surface area contributed by atoms with Crippen LogP contribution in [0.25, 0.3) is 0 Å². The number of rotatable bonds is 6. The van der Waals surface area contributed by atoms with Crippen LogP contribution in [0.3, 0.4) is 0 Å². The van der Waals surface area contributed by atoms with Crippen LogP contribution in [-0.2, 0) is 0 Å². The van der Waals surface area contributed by atoms with Crippen LogP contribution >= 0.6 is 15.9 Å². The van der Waals surface area contributed by atoms with Crippen LogP contribution in [0.2, 0.25) is 0 Å². The summed E-state index contributed by atoms with van der Waals surface area (Å²) in [5, 5.41) is 10.5. The molecule has 1 unspecified atom stereocenters. The molecule has 3 heteroatoms. The number of aliphatic hydroxyl groups excluding tert-OH is 1. The normalized spacial score (nSPS) is 24.0. The molecular formula is C12H24BrNO. The summed E-state index contributed by atoms with van der Waals surface area (Å²) in [7, 11) is 0. The quantitative estimate of drug-likeness (QED) is 0.596. The summed E-state index contributed by atoms with van der Waals surface area (Å²) in [5.74, 6) is 0. The lowest BCUT2D eigenvalue weighted by atomic mass is 10.1. The third kappa shape index (κ3) is 5.32. The molecule has 0 radical (unpaired) electrons. The Hall–Kier alpha value is 0.400. The molecule has 1 N–H and O–H groups in total. The van der Waals surface area contributed by atoms with Crippen LogP contribution in [0.1, 0.15) is 44.9 Å². The SMILES string of the molecule is OCC1CCCCCN1CCCCCBr. The highest BCUT2D eigenvalue weighted by Gasteiger charge is 2.19. The first-order valence-corrected chi connectivity index (χ1v) is 7.41. The molecule has 2 nitrogen and oxygen atoms in total. The number of nitrogens with zero attached hydrogens (tertiary/aromatic N) is 1. The van der Waals surface area contributed by atoms with Crippen molar-refractivity contribution >= 4 is 15.9 Å². The minimum atomic E-state index is 0.346. The van der Waals surface area contributed by atoms with E-state index in [2.05, 4.69) is 20.8 Å². The minimum absolute atomic E-state index is 0.346. The monoisotopic (exact) mass is 277 g/mol. The van der Waals surface area contributed by atoms with Crippen molar-refractivity contribution in [2.24, 2.45) is 0 Å². The van der Waals surface area contributed by atoms with Crippen molar-refractivity contribution < 1.29 is 5.11 Å². The summed E-state index contributed by atoms with van der Waals surface area (Å²) in [4.78, 5) is 2.50. The Balaban J connectivity index is 2.22. The summed E-state index contributed by atoms with van der Waals surface area (Å²) < 4.78 is 0. The Bertz CT molecular complexity index is 155. The van der Waals surface area contributed by atoms with Gasteiger partial charge in [-0.3, -0.25) is 4.90 Å². The van der Waals surface area contributed by atoms with Crippen molar-refractivity contribution in [1.82, 2.24) is 4.90 Å². The summed E-state index contributed by atoms with van der Waals surface area (Å²) in [6.45, 7) is 2.72. The second-order valence-electron chi connectivity index (χ2n) is 4.47. The molecule has 0 bridgehead atoms. The van der Waals surface area contributed by atoms with E-state index in [1.807, 2.05) is 0 Å². The van der Waals surface area contributed by atoms with E-state index in [0.717, 1.165) is 5.33 Å². The number of hydrogen-bond donors (Lipinski definition) is 1. The van der Waals surface area contributed by atoms with Gasteiger partial charge in [0, 0.05) is 11.4 Å². The number of aliphatic hydroxyl groups is 1. The summed E-state index contributed by atoms with van der Waals surface area (Å²) in [6, 6.07) is 0.441. The van der Waals surface area contributed by atoms with E-state index in [9.17, 15) is 5.11 Å². The zero-order valence-electron chi connectivity index (χ0n) is 9.63. The molecule has 0 aliphatic carbocycles. The molecule has 1 aliphatic heterocycles. The molecule has 15 heavy (non-hydrogen) atoms. The van der Waals surface area contributed by atoms with E-state index in [4.69, 9.17) is 0 Å².